The van der Waals surface area contributed by atoms with Crippen LogP contribution in [0.4, 0.5) is 11.4 Å². The van der Waals surface area contributed by atoms with Gasteiger partial charge in [0, 0.05) is 29.4 Å². The van der Waals surface area contributed by atoms with Gasteiger partial charge in [-0.05, 0) is 39.7 Å². The lowest BCUT2D eigenvalue weighted by Crippen LogP contribution is -2.16. The van der Waals surface area contributed by atoms with Crippen LogP contribution in [0, 0.1) is 0 Å². The number of benzene rings is 2. The van der Waals surface area contributed by atoms with Gasteiger partial charge in [0.1, 0.15) is 0 Å². The van der Waals surface area contributed by atoms with Crippen LogP contribution in [0.15, 0.2) is 53.0 Å². The molecule has 0 unspecified atom stereocenters. The maximum atomic E-state index is 5.78. The van der Waals surface area contributed by atoms with Gasteiger partial charge in [0.15, 0.2) is 0 Å². The van der Waals surface area contributed by atoms with E-state index in [0.29, 0.717) is 0 Å². The maximum absolute atomic E-state index is 5.78. The Morgan fingerprint density at radius 2 is 1.82 bits per heavy atom. The van der Waals surface area contributed by atoms with E-state index in [2.05, 4.69) is 52.1 Å². The maximum Gasteiger partial charge on any atom is 0.0460 e. The predicted molar refractivity (Wildman–Crippen MR) is 77.1 cm³/mol. The second-order valence-corrected chi connectivity index (χ2v) is 4.90. The average Bonchev–Trinajstić information content (AvgIpc) is 2.34. The summed E-state index contributed by atoms with van der Waals surface area (Å²) >= 11 is 3.45. The number of anilines is 2. The molecule has 0 aromatic heterocycles. The smallest absolute Gasteiger partial charge is 0.0460 e. The van der Waals surface area contributed by atoms with Gasteiger partial charge in [0.25, 0.3) is 0 Å². The monoisotopic (exact) mass is 290 g/mol. The lowest BCUT2D eigenvalue weighted by Gasteiger charge is -2.20. The molecular weight excluding hydrogens is 276 g/mol. The highest BCUT2D eigenvalue weighted by Gasteiger charge is 2.04. The first kappa shape index (κ1) is 12.0. The highest BCUT2D eigenvalue weighted by Crippen LogP contribution is 2.25. The van der Waals surface area contributed by atoms with Crippen LogP contribution >= 0.6 is 15.9 Å². The SMILES string of the molecule is CN(Cc1ccccc1)c1ccc(N)c(Br)c1. The van der Waals surface area contributed by atoms with Crippen molar-refractivity contribution in [3.05, 3.63) is 58.6 Å². The van der Waals surface area contributed by atoms with Crippen molar-refractivity contribution in [3.8, 4) is 0 Å². The molecule has 17 heavy (non-hydrogen) atoms. The van der Waals surface area contributed by atoms with Gasteiger partial charge in [-0.25, -0.2) is 0 Å². The molecular formula is C14H15BrN2. The lowest BCUT2D eigenvalue weighted by molar-refractivity contribution is 0.923. The van der Waals surface area contributed by atoms with E-state index in [1.54, 1.807) is 0 Å². The molecule has 2 rings (SSSR count). The van der Waals surface area contributed by atoms with Crippen molar-refractivity contribution in [2.24, 2.45) is 0 Å². The van der Waals surface area contributed by atoms with E-state index in [0.717, 1.165) is 22.4 Å². The summed E-state index contributed by atoms with van der Waals surface area (Å²) in [6, 6.07) is 16.4. The Morgan fingerprint density at radius 1 is 1.12 bits per heavy atom. The number of nitrogen functional groups attached to an aromatic ring is 1. The molecule has 0 spiro atoms. The molecule has 0 amide bonds. The van der Waals surface area contributed by atoms with E-state index in [4.69, 9.17) is 5.73 Å². The minimum Gasteiger partial charge on any atom is -0.398 e. The summed E-state index contributed by atoms with van der Waals surface area (Å²) in [5.74, 6) is 0. The van der Waals surface area contributed by atoms with E-state index in [1.807, 2.05) is 24.3 Å². The van der Waals surface area contributed by atoms with Crippen LogP contribution in [0.3, 0.4) is 0 Å². The third kappa shape index (κ3) is 3.01. The molecule has 0 radical (unpaired) electrons. The number of nitrogens with two attached hydrogens (primary N) is 1. The van der Waals surface area contributed by atoms with E-state index in [9.17, 15) is 0 Å². The molecule has 0 bridgehead atoms. The number of nitrogens with zero attached hydrogens (tertiary/aromatic N) is 1. The second kappa shape index (κ2) is 5.23. The van der Waals surface area contributed by atoms with E-state index >= 15 is 0 Å². The topological polar surface area (TPSA) is 29.3 Å². The Hall–Kier alpha value is -1.48. The molecule has 0 atom stereocenters. The van der Waals surface area contributed by atoms with Gasteiger partial charge in [0.2, 0.25) is 0 Å². The zero-order chi connectivity index (χ0) is 12.3. The fourth-order valence-electron chi connectivity index (χ4n) is 1.70. The summed E-state index contributed by atoms with van der Waals surface area (Å²) < 4.78 is 0.940. The van der Waals surface area contributed by atoms with Crippen molar-refractivity contribution in [2.45, 2.75) is 6.54 Å². The van der Waals surface area contributed by atoms with Gasteiger partial charge in [0.05, 0.1) is 0 Å². The van der Waals surface area contributed by atoms with Crippen LogP contribution in [-0.4, -0.2) is 7.05 Å². The summed E-state index contributed by atoms with van der Waals surface area (Å²) in [6.45, 7) is 0.886. The van der Waals surface area contributed by atoms with E-state index in [1.165, 1.54) is 5.56 Å². The number of hydrogen-bond donors (Lipinski definition) is 1. The molecule has 0 aliphatic heterocycles. The first-order valence-electron chi connectivity index (χ1n) is 5.47. The Balaban J connectivity index is 2.14. The molecule has 2 aromatic rings. The van der Waals surface area contributed by atoms with Crippen molar-refractivity contribution in [3.63, 3.8) is 0 Å². The highest BCUT2D eigenvalue weighted by molar-refractivity contribution is 9.10. The Morgan fingerprint density at radius 3 is 2.47 bits per heavy atom. The summed E-state index contributed by atoms with van der Waals surface area (Å²) in [5, 5.41) is 0. The quantitative estimate of drug-likeness (QED) is 0.874. The molecule has 0 aliphatic carbocycles. The summed E-state index contributed by atoms with van der Waals surface area (Å²) in [4.78, 5) is 2.19. The molecule has 0 saturated heterocycles. The zero-order valence-electron chi connectivity index (χ0n) is 9.73. The number of hydrogen-bond acceptors (Lipinski definition) is 2. The lowest BCUT2D eigenvalue weighted by atomic mass is 10.2. The summed E-state index contributed by atoms with van der Waals surface area (Å²) in [6.07, 6.45) is 0. The molecule has 2 aromatic carbocycles. The largest absolute Gasteiger partial charge is 0.398 e. The minimum absolute atomic E-state index is 0.766. The highest BCUT2D eigenvalue weighted by atomic mass is 79.9. The third-order valence-corrected chi connectivity index (χ3v) is 3.37. The van der Waals surface area contributed by atoms with E-state index in [-0.39, 0.29) is 0 Å². The number of rotatable bonds is 3. The van der Waals surface area contributed by atoms with Crippen LogP contribution < -0.4 is 10.6 Å². The van der Waals surface area contributed by atoms with Crippen molar-refractivity contribution in [1.29, 1.82) is 0 Å². The normalized spacial score (nSPS) is 10.2. The van der Waals surface area contributed by atoms with Crippen molar-refractivity contribution in [2.75, 3.05) is 17.7 Å². The zero-order valence-corrected chi connectivity index (χ0v) is 11.3. The van der Waals surface area contributed by atoms with Crippen LogP contribution in [0.25, 0.3) is 0 Å². The van der Waals surface area contributed by atoms with E-state index < -0.39 is 0 Å². The molecule has 3 heteroatoms. The van der Waals surface area contributed by atoms with Gasteiger partial charge >= 0.3 is 0 Å². The third-order valence-electron chi connectivity index (χ3n) is 2.69. The van der Waals surface area contributed by atoms with Crippen LogP contribution in [0.2, 0.25) is 0 Å². The summed E-state index contributed by atoms with van der Waals surface area (Å²) in [7, 11) is 2.07. The van der Waals surface area contributed by atoms with Gasteiger partial charge < -0.3 is 10.6 Å². The molecule has 88 valence electrons. The number of halogens is 1. The van der Waals surface area contributed by atoms with Crippen molar-refractivity contribution >= 4 is 27.3 Å². The minimum atomic E-state index is 0.766. The van der Waals surface area contributed by atoms with Crippen molar-refractivity contribution < 1.29 is 0 Å². The summed E-state index contributed by atoms with van der Waals surface area (Å²) in [5.41, 5.74) is 8.98. The molecule has 0 fully saturated rings. The first-order valence-corrected chi connectivity index (χ1v) is 6.26. The Bertz CT molecular complexity index is 497. The fraction of sp³-hybridized carbons (Fsp3) is 0.143. The molecule has 2 nitrogen and oxygen atoms in total. The fourth-order valence-corrected chi connectivity index (χ4v) is 2.07. The van der Waals surface area contributed by atoms with Gasteiger partial charge in [-0.1, -0.05) is 30.3 Å². The van der Waals surface area contributed by atoms with Gasteiger partial charge in [-0.3, -0.25) is 0 Å². The molecule has 0 saturated carbocycles. The molecule has 0 aliphatic rings. The Labute approximate surface area is 110 Å². The van der Waals surface area contributed by atoms with Crippen LogP contribution in [0.5, 0.6) is 0 Å². The van der Waals surface area contributed by atoms with Gasteiger partial charge in [-0.15, -0.1) is 0 Å². The second-order valence-electron chi connectivity index (χ2n) is 4.05. The predicted octanol–water partition coefficient (Wildman–Crippen LogP) is 3.67. The van der Waals surface area contributed by atoms with Gasteiger partial charge in [-0.2, -0.15) is 0 Å². The average molecular weight is 291 g/mol. The first-order chi connectivity index (χ1) is 8.16. The van der Waals surface area contributed by atoms with Crippen molar-refractivity contribution in [1.82, 2.24) is 0 Å². The molecule has 0 heterocycles. The molecule has 2 N–H and O–H groups in total. The standard InChI is InChI=1S/C14H15BrN2/c1-17(10-11-5-3-2-4-6-11)12-7-8-14(16)13(15)9-12/h2-9H,10,16H2,1H3. The Kier molecular flexibility index (Phi) is 3.69. The van der Waals surface area contributed by atoms with Crippen LogP contribution in [0.1, 0.15) is 5.56 Å². The van der Waals surface area contributed by atoms with Crippen LogP contribution in [-0.2, 0) is 6.54 Å².